The molecule has 1 rings (SSSR count). The average molecular weight is 225 g/mol. The van der Waals surface area contributed by atoms with E-state index in [1.165, 1.54) is 37.2 Å². The summed E-state index contributed by atoms with van der Waals surface area (Å²) in [6.07, 6.45) is 11.6. The van der Waals surface area contributed by atoms with E-state index < -0.39 is 0 Å². The van der Waals surface area contributed by atoms with Crippen LogP contribution < -0.4 is 5.32 Å². The van der Waals surface area contributed by atoms with Crippen LogP contribution in [-0.4, -0.2) is 24.1 Å². The van der Waals surface area contributed by atoms with Crippen molar-refractivity contribution in [3.8, 4) is 12.3 Å². The normalized spacial score (nSPS) is 19.7. The lowest BCUT2D eigenvalue weighted by Crippen LogP contribution is -2.32. The molecule has 0 amide bonds. The highest BCUT2D eigenvalue weighted by molar-refractivity contribution is 7.99. The van der Waals surface area contributed by atoms with Gasteiger partial charge in [0.15, 0.2) is 0 Å². The van der Waals surface area contributed by atoms with Crippen LogP contribution >= 0.6 is 11.8 Å². The van der Waals surface area contributed by atoms with Crippen molar-refractivity contribution in [2.45, 2.75) is 45.1 Å². The van der Waals surface area contributed by atoms with Crippen molar-refractivity contribution < 1.29 is 0 Å². The van der Waals surface area contributed by atoms with Gasteiger partial charge in [0.05, 0.1) is 0 Å². The summed E-state index contributed by atoms with van der Waals surface area (Å²) in [5.41, 5.74) is 0. The zero-order valence-electron chi connectivity index (χ0n) is 9.80. The van der Waals surface area contributed by atoms with Gasteiger partial charge in [-0.1, -0.05) is 6.92 Å². The fourth-order valence-corrected chi connectivity index (χ4v) is 3.32. The van der Waals surface area contributed by atoms with Gasteiger partial charge in [0.25, 0.3) is 0 Å². The Hall–Kier alpha value is -0.130. The van der Waals surface area contributed by atoms with Gasteiger partial charge >= 0.3 is 0 Å². The number of nitrogens with one attached hydrogen (secondary N) is 1. The molecule has 0 aromatic heterocycles. The predicted molar refractivity (Wildman–Crippen MR) is 70.2 cm³/mol. The van der Waals surface area contributed by atoms with Gasteiger partial charge in [0, 0.05) is 12.5 Å². The van der Waals surface area contributed by atoms with Crippen molar-refractivity contribution in [1.82, 2.24) is 5.32 Å². The highest BCUT2D eigenvalue weighted by atomic mass is 32.2. The number of terminal acetylenes is 1. The average Bonchev–Trinajstić information content (AvgIpc) is 2.28. The highest BCUT2D eigenvalue weighted by Crippen LogP contribution is 2.26. The van der Waals surface area contributed by atoms with Gasteiger partial charge in [0.2, 0.25) is 0 Å². The first kappa shape index (κ1) is 12.9. The van der Waals surface area contributed by atoms with Gasteiger partial charge in [-0.3, -0.25) is 0 Å². The number of thioether (sulfide) groups is 1. The Kier molecular flexibility index (Phi) is 6.96. The molecule has 15 heavy (non-hydrogen) atoms. The molecular weight excluding hydrogens is 202 g/mol. The van der Waals surface area contributed by atoms with Crippen molar-refractivity contribution >= 4 is 11.8 Å². The fourth-order valence-electron chi connectivity index (χ4n) is 2.11. The van der Waals surface area contributed by atoms with E-state index >= 15 is 0 Å². The molecule has 0 aliphatic carbocycles. The molecule has 1 heterocycles. The molecule has 86 valence electrons. The first-order valence-corrected chi connectivity index (χ1v) is 7.26. The third-order valence-corrected chi connectivity index (χ3v) is 4.05. The summed E-state index contributed by atoms with van der Waals surface area (Å²) in [4.78, 5) is 0. The summed E-state index contributed by atoms with van der Waals surface area (Å²) >= 11 is 2.10. The molecule has 1 aliphatic heterocycles. The number of hydrogen-bond donors (Lipinski definition) is 1. The smallest absolute Gasteiger partial charge is 0.0240 e. The zero-order valence-corrected chi connectivity index (χ0v) is 10.6. The maximum atomic E-state index is 5.41. The van der Waals surface area contributed by atoms with E-state index in [1.54, 1.807) is 0 Å². The number of rotatable bonds is 6. The van der Waals surface area contributed by atoms with E-state index in [9.17, 15) is 0 Å². The first-order valence-electron chi connectivity index (χ1n) is 6.11. The Bertz CT molecular complexity index is 191. The first-order chi connectivity index (χ1) is 7.36. The van der Waals surface area contributed by atoms with E-state index in [4.69, 9.17) is 6.42 Å². The lowest BCUT2D eigenvalue weighted by molar-refractivity contribution is 0.367. The van der Waals surface area contributed by atoms with Crippen LogP contribution in [0, 0.1) is 18.3 Å². The maximum absolute atomic E-state index is 5.41. The monoisotopic (exact) mass is 225 g/mol. The second-order valence-electron chi connectivity index (χ2n) is 4.35. The summed E-state index contributed by atoms with van der Waals surface area (Å²) < 4.78 is 0. The van der Waals surface area contributed by atoms with E-state index in [-0.39, 0.29) is 0 Å². The van der Waals surface area contributed by atoms with Crippen LogP contribution in [0.2, 0.25) is 0 Å². The van der Waals surface area contributed by atoms with Crippen LogP contribution in [-0.2, 0) is 0 Å². The zero-order chi connectivity index (χ0) is 10.9. The summed E-state index contributed by atoms with van der Waals surface area (Å²) in [6.45, 7) is 3.31. The summed E-state index contributed by atoms with van der Waals surface area (Å²) in [6, 6.07) is 0.558. The lowest BCUT2D eigenvalue weighted by Gasteiger charge is -2.26. The van der Waals surface area contributed by atoms with Crippen molar-refractivity contribution in [3.63, 3.8) is 0 Å². The third-order valence-electron chi connectivity index (χ3n) is 3.01. The molecule has 0 aromatic carbocycles. The van der Waals surface area contributed by atoms with Crippen LogP contribution in [0.3, 0.4) is 0 Å². The van der Waals surface area contributed by atoms with Crippen LogP contribution in [0.25, 0.3) is 0 Å². The van der Waals surface area contributed by atoms with E-state index in [0.717, 1.165) is 18.9 Å². The van der Waals surface area contributed by atoms with Crippen molar-refractivity contribution in [2.24, 2.45) is 5.92 Å². The van der Waals surface area contributed by atoms with Crippen molar-refractivity contribution in [1.29, 1.82) is 0 Å². The third kappa shape index (κ3) is 5.49. The van der Waals surface area contributed by atoms with Gasteiger partial charge in [-0.2, -0.15) is 11.8 Å². The maximum Gasteiger partial charge on any atom is 0.0240 e. The standard InChI is InChI=1S/C13H23NS/c1-3-5-13(14-8-4-2)11-12-6-9-15-10-7-12/h1,12-14H,4-11H2,2H3. The Morgan fingerprint density at radius 1 is 1.47 bits per heavy atom. The van der Waals surface area contributed by atoms with Crippen LogP contribution in [0.5, 0.6) is 0 Å². The van der Waals surface area contributed by atoms with Gasteiger partial charge in [-0.25, -0.2) is 0 Å². The molecular formula is C13H23NS. The lowest BCUT2D eigenvalue weighted by atomic mass is 9.93. The summed E-state index contributed by atoms with van der Waals surface area (Å²) in [5.74, 6) is 6.41. The van der Waals surface area contributed by atoms with Crippen molar-refractivity contribution in [3.05, 3.63) is 0 Å². The highest BCUT2D eigenvalue weighted by Gasteiger charge is 2.18. The Morgan fingerprint density at radius 3 is 2.80 bits per heavy atom. The molecule has 0 spiro atoms. The minimum absolute atomic E-state index is 0.558. The fraction of sp³-hybridized carbons (Fsp3) is 0.846. The minimum atomic E-state index is 0.558. The molecule has 1 saturated heterocycles. The molecule has 1 fully saturated rings. The molecule has 1 atom stereocenters. The number of hydrogen-bond acceptors (Lipinski definition) is 2. The molecule has 2 heteroatoms. The predicted octanol–water partition coefficient (Wildman–Crippen LogP) is 2.91. The minimum Gasteiger partial charge on any atom is -0.313 e. The molecule has 1 aliphatic rings. The molecule has 1 nitrogen and oxygen atoms in total. The van der Waals surface area contributed by atoms with E-state index in [0.29, 0.717) is 6.04 Å². The van der Waals surface area contributed by atoms with Crippen molar-refractivity contribution in [2.75, 3.05) is 18.1 Å². The molecule has 0 saturated carbocycles. The quantitative estimate of drug-likeness (QED) is 0.698. The van der Waals surface area contributed by atoms with Crippen LogP contribution in [0.1, 0.15) is 39.0 Å². The Labute approximate surface area is 98.8 Å². The summed E-state index contributed by atoms with van der Waals surface area (Å²) in [5, 5.41) is 3.57. The SMILES string of the molecule is C#CCC(CC1CCSCC1)NCCC. The second-order valence-corrected chi connectivity index (χ2v) is 5.58. The van der Waals surface area contributed by atoms with Gasteiger partial charge in [-0.05, 0) is 49.7 Å². The molecule has 0 aromatic rings. The largest absolute Gasteiger partial charge is 0.313 e. The van der Waals surface area contributed by atoms with Gasteiger partial charge in [-0.15, -0.1) is 12.3 Å². The Balaban J connectivity index is 2.25. The van der Waals surface area contributed by atoms with Gasteiger partial charge < -0.3 is 5.32 Å². The Morgan fingerprint density at radius 2 is 2.20 bits per heavy atom. The molecule has 1 N–H and O–H groups in total. The molecule has 0 radical (unpaired) electrons. The van der Waals surface area contributed by atoms with Crippen LogP contribution in [0.15, 0.2) is 0 Å². The van der Waals surface area contributed by atoms with E-state index in [1.807, 2.05) is 0 Å². The van der Waals surface area contributed by atoms with Gasteiger partial charge in [0.1, 0.15) is 0 Å². The molecule has 1 unspecified atom stereocenters. The summed E-state index contributed by atoms with van der Waals surface area (Å²) in [7, 11) is 0. The topological polar surface area (TPSA) is 12.0 Å². The van der Waals surface area contributed by atoms with Crippen LogP contribution in [0.4, 0.5) is 0 Å². The molecule has 0 bridgehead atoms. The second kappa shape index (κ2) is 8.07. The van der Waals surface area contributed by atoms with E-state index in [2.05, 4.69) is 29.9 Å².